The molecule has 3 rings (SSSR count). The van der Waals surface area contributed by atoms with Gasteiger partial charge < -0.3 is 14.8 Å². The Hall–Kier alpha value is -2.41. The Morgan fingerprint density at radius 1 is 1.46 bits per heavy atom. The van der Waals surface area contributed by atoms with Gasteiger partial charge in [-0.15, -0.1) is 0 Å². The minimum atomic E-state index is -0.328. The fraction of sp³-hybridized carbons (Fsp3) is 0.412. The highest BCUT2D eigenvalue weighted by molar-refractivity contribution is 5.95. The van der Waals surface area contributed by atoms with E-state index < -0.39 is 0 Å². The first-order valence-electron chi connectivity index (χ1n) is 8.05. The van der Waals surface area contributed by atoms with Crippen molar-refractivity contribution < 1.29 is 18.7 Å². The predicted molar refractivity (Wildman–Crippen MR) is 86.0 cm³/mol. The van der Waals surface area contributed by atoms with Crippen LogP contribution in [-0.2, 0) is 4.74 Å². The highest BCUT2D eigenvalue weighted by Crippen LogP contribution is 2.20. The Morgan fingerprint density at radius 2 is 2.25 bits per heavy atom. The van der Waals surface area contributed by atoms with Crippen molar-refractivity contribution in [1.29, 1.82) is 0 Å². The van der Waals surface area contributed by atoms with E-state index in [1.165, 1.54) is 16.8 Å². The SMILES string of the molecule is CCOc1cn(-c2ccc(F)cc2)nc1C(=O)NC[C@@H]1CCCO1. The maximum atomic E-state index is 13.1. The molecule has 0 bridgehead atoms. The molecular formula is C17H20FN3O3. The molecule has 0 saturated carbocycles. The van der Waals surface area contributed by atoms with Gasteiger partial charge in [0, 0.05) is 13.2 Å². The van der Waals surface area contributed by atoms with Crippen LogP contribution in [0, 0.1) is 5.82 Å². The van der Waals surface area contributed by atoms with E-state index in [2.05, 4.69) is 10.4 Å². The molecule has 7 heteroatoms. The number of amides is 1. The van der Waals surface area contributed by atoms with E-state index >= 15 is 0 Å². The van der Waals surface area contributed by atoms with E-state index in [-0.39, 0.29) is 23.5 Å². The lowest BCUT2D eigenvalue weighted by molar-refractivity contribution is 0.0850. The lowest BCUT2D eigenvalue weighted by atomic mass is 10.2. The van der Waals surface area contributed by atoms with E-state index in [0.29, 0.717) is 24.6 Å². The molecule has 1 aromatic carbocycles. The van der Waals surface area contributed by atoms with Crippen molar-refractivity contribution in [3.63, 3.8) is 0 Å². The van der Waals surface area contributed by atoms with E-state index in [4.69, 9.17) is 9.47 Å². The lowest BCUT2D eigenvalue weighted by Gasteiger charge is -2.10. The molecule has 1 N–H and O–H groups in total. The summed E-state index contributed by atoms with van der Waals surface area (Å²) in [5, 5.41) is 7.12. The summed E-state index contributed by atoms with van der Waals surface area (Å²) in [5.41, 5.74) is 0.856. The first-order chi connectivity index (χ1) is 11.7. The van der Waals surface area contributed by atoms with Gasteiger partial charge in [-0.2, -0.15) is 5.10 Å². The van der Waals surface area contributed by atoms with Crippen LogP contribution in [0.25, 0.3) is 5.69 Å². The molecule has 0 unspecified atom stereocenters. The van der Waals surface area contributed by atoms with Crippen molar-refractivity contribution in [2.75, 3.05) is 19.8 Å². The van der Waals surface area contributed by atoms with Gasteiger partial charge in [0.25, 0.3) is 5.91 Å². The number of nitrogens with zero attached hydrogens (tertiary/aromatic N) is 2. The Labute approximate surface area is 139 Å². The van der Waals surface area contributed by atoms with Gasteiger partial charge in [-0.1, -0.05) is 0 Å². The number of carbonyl (C=O) groups is 1. The Balaban J connectivity index is 1.77. The fourth-order valence-corrected chi connectivity index (χ4v) is 2.60. The summed E-state index contributed by atoms with van der Waals surface area (Å²) in [6, 6.07) is 5.86. The summed E-state index contributed by atoms with van der Waals surface area (Å²) >= 11 is 0. The standard InChI is InChI=1S/C17H20FN3O3/c1-2-23-15-11-21(13-7-5-12(18)6-8-13)20-16(15)17(22)19-10-14-4-3-9-24-14/h5-8,11,14H,2-4,9-10H2,1H3,(H,19,22)/t14-/m0/s1. The van der Waals surface area contributed by atoms with Gasteiger partial charge in [-0.25, -0.2) is 9.07 Å². The number of rotatable bonds is 6. The third-order valence-corrected chi connectivity index (χ3v) is 3.80. The molecule has 1 fully saturated rings. The normalized spacial score (nSPS) is 17.0. The molecule has 0 aliphatic carbocycles. The Morgan fingerprint density at radius 3 is 2.92 bits per heavy atom. The predicted octanol–water partition coefficient (Wildman–Crippen LogP) is 2.32. The third kappa shape index (κ3) is 3.73. The topological polar surface area (TPSA) is 65.4 Å². The smallest absolute Gasteiger partial charge is 0.275 e. The van der Waals surface area contributed by atoms with Gasteiger partial charge in [0.05, 0.1) is 24.6 Å². The number of halogens is 1. The zero-order valence-electron chi connectivity index (χ0n) is 13.5. The van der Waals surface area contributed by atoms with Crippen LogP contribution in [0.4, 0.5) is 4.39 Å². The molecule has 6 nitrogen and oxygen atoms in total. The molecule has 1 aliphatic heterocycles. The summed E-state index contributed by atoms with van der Waals surface area (Å²) in [6.07, 6.45) is 3.65. The molecule has 1 aliphatic rings. The number of hydrogen-bond donors (Lipinski definition) is 1. The van der Waals surface area contributed by atoms with Crippen LogP contribution in [0.3, 0.4) is 0 Å². The minimum absolute atomic E-state index is 0.0590. The van der Waals surface area contributed by atoms with Crippen LogP contribution >= 0.6 is 0 Å². The van der Waals surface area contributed by atoms with Gasteiger partial charge in [-0.3, -0.25) is 4.79 Å². The van der Waals surface area contributed by atoms with Crippen LogP contribution < -0.4 is 10.1 Å². The van der Waals surface area contributed by atoms with Gasteiger partial charge in [0.1, 0.15) is 5.82 Å². The van der Waals surface area contributed by atoms with E-state index in [1.54, 1.807) is 18.3 Å². The third-order valence-electron chi connectivity index (χ3n) is 3.80. The van der Waals surface area contributed by atoms with Gasteiger partial charge in [0.2, 0.25) is 0 Å². The average Bonchev–Trinajstić information content (AvgIpc) is 3.23. The second-order valence-electron chi connectivity index (χ2n) is 5.54. The maximum absolute atomic E-state index is 13.1. The molecule has 2 heterocycles. The zero-order valence-corrected chi connectivity index (χ0v) is 13.5. The van der Waals surface area contributed by atoms with Gasteiger partial charge in [-0.05, 0) is 44.0 Å². The molecule has 24 heavy (non-hydrogen) atoms. The monoisotopic (exact) mass is 333 g/mol. The second-order valence-corrected chi connectivity index (χ2v) is 5.54. The lowest BCUT2D eigenvalue weighted by Crippen LogP contribution is -2.32. The summed E-state index contributed by atoms with van der Waals surface area (Å²) in [4.78, 5) is 12.4. The number of carbonyl (C=O) groups excluding carboxylic acids is 1. The average molecular weight is 333 g/mol. The van der Waals surface area contributed by atoms with Crippen molar-refractivity contribution >= 4 is 5.91 Å². The summed E-state index contributed by atoms with van der Waals surface area (Å²) in [5.74, 6) is -0.244. The highest BCUT2D eigenvalue weighted by atomic mass is 19.1. The largest absolute Gasteiger partial charge is 0.490 e. The van der Waals surface area contributed by atoms with Gasteiger partial charge >= 0.3 is 0 Å². The van der Waals surface area contributed by atoms with E-state index in [1.807, 2.05) is 6.92 Å². The number of nitrogens with one attached hydrogen (secondary N) is 1. The molecule has 128 valence electrons. The molecular weight excluding hydrogens is 313 g/mol. The van der Waals surface area contributed by atoms with Crippen molar-refractivity contribution in [2.45, 2.75) is 25.9 Å². The van der Waals surface area contributed by atoms with Crippen LogP contribution in [0.5, 0.6) is 5.75 Å². The summed E-state index contributed by atoms with van der Waals surface area (Å²) < 4.78 is 25.6. The Bertz CT molecular complexity index is 694. The van der Waals surface area contributed by atoms with Crippen LogP contribution in [-0.4, -0.2) is 41.6 Å². The summed E-state index contributed by atoms with van der Waals surface area (Å²) in [6.45, 7) is 3.45. The molecule has 0 spiro atoms. The van der Waals surface area contributed by atoms with Crippen molar-refractivity contribution in [1.82, 2.24) is 15.1 Å². The van der Waals surface area contributed by atoms with E-state index in [0.717, 1.165) is 19.4 Å². The van der Waals surface area contributed by atoms with Crippen molar-refractivity contribution in [3.8, 4) is 11.4 Å². The summed E-state index contributed by atoms with van der Waals surface area (Å²) in [7, 11) is 0. The number of benzene rings is 1. The molecule has 1 saturated heterocycles. The highest BCUT2D eigenvalue weighted by Gasteiger charge is 2.21. The van der Waals surface area contributed by atoms with Crippen LogP contribution in [0.15, 0.2) is 30.5 Å². The second kappa shape index (κ2) is 7.44. The molecule has 1 atom stereocenters. The molecule has 1 aromatic heterocycles. The first kappa shape index (κ1) is 16.4. The maximum Gasteiger partial charge on any atom is 0.275 e. The van der Waals surface area contributed by atoms with Crippen molar-refractivity contribution in [2.24, 2.45) is 0 Å². The number of aromatic nitrogens is 2. The van der Waals surface area contributed by atoms with Gasteiger partial charge in [0.15, 0.2) is 11.4 Å². The van der Waals surface area contributed by atoms with E-state index in [9.17, 15) is 9.18 Å². The molecule has 1 amide bonds. The Kier molecular flexibility index (Phi) is 5.10. The minimum Gasteiger partial charge on any atom is -0.490 e. The first-order valence-corrected chi connectivity index (χ1v) is 8.05. The molecule has 2 aromatic rings. The number of ether oxygens (including phenoxy) is 2. The van der Waals surface area contributed by atoms with Crippen LogP contribution in [0.1, 0.15) is 30.3 Å². The van der Waals surface area contributed by atoms with Crippen molar-refractivity contribution in [3.05, 3.63) is 42.0 Å². The zero-order chi connectivity index (χ0) is 16.9. The fourth-order valence-electron chi connectivity index (χ4n) is 2.60. The molecule has 0 radical (unpaired) electrons. The quantitative estimate of drug-likeness (QED) is 0.881. The van der Waals surface area contributed by atoms with Crippen LogP contribution in [0.2, 0.25) is 0 Å². The number of hydrogen-bond acceptors (Lipinski definition) is 4.